The zero-order valence-corrected chi connectivity index (χ0v) is 15.0. The van der Waals surface area contributed by atoms with Crippen LogP contribution in [-0.4, -0.2) is 48.3 Å². The van der Waals surface area contributed by atoms with Crippen molar-refractivity contribution in [2.24, 2.45) is 23.7 Å². The molecular formula is C20H28N2O4. The van der Waals surface area contributed by atoms with Gasteiger partial charge in [-0.3, -0.25) is 9.59 Å². The van der Waals surface area contributed by atoms with E-state index in [9.17, 15) is 19.8 Å². The molecule has 2 heterocycles. The normalized spacial score (nSPS) is 25.1. The second-order valence-electron chi connectivity index (χ2n) is 7.62. The maximum atomic E-state index is 11.7. The van der Waals surface area contributed by atoms with E-state index in [0.717, 1.165) is 50.1 Å². The molecule has 2 aliphatic heterocycles. The van der Waals surface area contributed by atoms with Gasteiger partial charge in [0.2, 0.25) is 0 Å². The van der Waals surface area contributed by atoms with Crippen LogP contribution in [0.5, 0.6) is 0 Å². The van der Waals surface area contributed by atoms with Gasteiger partial charge in [0.15, 0.2) is 0 Å². The molecule has 0 saturated carbocycles. The van der Waals surface area contributed by atoms with Crippen molar-refractivity contribution in [2.75, 3.05) is 26.2 Å². The van der Waals surface area contributed by atoms with E-state index < -0.39 is 23.8 Å². The Bertz CT molecular complexity index is 585. The number of carboxylic acids is 2. The van der Waals surface area contributed by atoms with Crippen LogP contribution >= 0.6 is 0 Å². The summed E-state index contributed by atoms with van der Waals surface area (Å²) in [6, 6.07) is 7.82. The number of hydrogen-bond acceptors (Lipinski definition) is 4. The molecule has 0 aromatic heterocycles. The van der Waals surface area contributed by atoms with Crippen LogP contribution in [0.2, 0.25) is 0 Å². The van der Waals surface area contributed by atoms with E-state index in [-0.39, 0.29) is 11.8 Å². The third-order valence-electron chi connectivity index (χ3n) is 5.87. The zero-order valence-electron chi connectivity index (χ0n) is 15.0. The summed E-state index contributed by atoms with van der Waals surface area (Å²) in [7, 11) is 0. The molecule has 0 aliphatic carbocycles. The summed E-state index contributed by atoms with van der Waals surface area (Å²) < 4.78 is 0. The first-order valence-electron chi connectivity index (χ1n) is 9.49. The van der Waals surface area contributed by atoms with Gasteiger partial charge >= 0.3 is 11.9 Å². The van der Waals surface area contributed by atoms with E-state index in [0.29, 0.717) is 12.8 Å². The molecule has 2 saturated heterocycles. The van der Waals surface area contributed by atoms with Crippen LogP contribution in [-0.2, 0) is 22.4 Å². The van der Waals surface area contributed by atoms with Crippen molar-refractivity contribution in [1.82, 2.24) is 10.6 Å². The summed E-state index contributed by atoms with van der Waals surface area (Å²) in [5.74, 6) is -1.96. The Balaban J connectivity index is 1.70. The lowest BCUT2D eigenvalue weighted by atomic mass is 9.84. The quantitative estimate of drug-likeness (QED) is 0.559. The molecule has 4 unspecified atom stereocenters. The van der Waals surface area contributed by atoms with E-state index in [1.807, 2.05) is 24.3 Å². The summed E-state index contributed by atoms with van der Waals surface area (Å²) in [4.78, 5) is 23.4. The number of carbonyl (C=O) groups is 2. The monoisotopic (exact) mass is 360 g/mol. The van der Waals surface area contributed by atoms with Gasteiger partial charge in [-0.25, -0.2) is 0 Å². The summed E-state index contributed by atoms with van der Waals surface area (Å²) in [6.45, 7) is 3.27. The fourth-order valence-corrected chi connectivity index (χ4v) is 4.34. The van der Waals surface area contributed by atoms with Gasteiger partial charge in [0.05, 0.1) is 11.8 Å². The summed E-state index contributed by atoms with van der Waals surface area (Å²) >= 11 is 0. The van der Waals surface area contributed by atoms with Crippen LogP contribution in [0.3, 0.4) is 0 Å². The number of rotatable bonds is 8. The predicted octanol–water partition coefficient (Wildman–Crippen LogP) is 1.39. The second kappa shape index (κ2) is 8.64. The minimum absolute atomic E-state index is 0.160. The van der Waals surface area contributed by atoms with Crippen molar-refractivity contribution >= 4 is 11.9 Å². The highest BCUT2D eigenvalue weighted by Crippen LogP contribution is 2.26. The minimum atomic E-state index is -0.746. The molecule has 6 nitrogen and oxygen atoms in total. The van der Waals surface area contributed by atoms with Crippen molar-refractivity contribution in [3.05, 3.63) is 35.4 Å². The molecule has 4 atom stereocenters. The highest BCUT2D eigenvalue weighted by Gasteiger charge is 2.32. The summed E-state index contributed by atoms with van der Waals surface area (Å²) in [5, 5.41) is 25.7. The molecule has 2 aliphatic rings. The number of carboxylic acid groups (broad SMARTS) is 2. The maximum Gasteiger partial charge on any atom is 0.307 e. The van der Waals surface area contributed by atoms with E-state index in [1.165, 1.54) is 0 Å². The Labute approximate surface area is 154 Å². The topological polar surface area (TPSA) is 98.7 Å². The Kier molecular flexibility index (Phi) is 6.27. The largest absolute Gasteiger partial charge is 0.481 e. The number of nitrogens with one attached hydrogen (secondary N) is 2. The van der Waals surface area contributed by atoms with Crippen molar-refractivity contribution < 1.29 is 19.8 Å². The van der Waals surface area contributed by atoms with Crippen molar-refractivity contribution in [2.45, 2.75) is 25.7 Å². The standard InChI is InChI=1S/C20H28N2O4/c23-19(24)17(15-4-6-21-11-15)9-13-2-1-3-14(8-13)10-18(20(25)26)16-5-7-22-12-16/h1-3,8,15-18,21-22H,4-7,9-12H2,(H,23,24)(H,25,26). The van der Waals surface area contributed by atoms with E-state index in [2.05, 4.69) is 10.6 Å². The molecule has 26 heavy (non-hydrogen) atoms. The molecule has 0 bridgehead atoms. The van der Waals surface area contributed by atoms with Crippen LogP contribution < -0.4 is 10.6 Å². The lowest BCUT2D eigenvalue weighted by Gasteiger charge is -2.21. The van der Waals surface area contributed by atoms with Gasteiger partial charge < -0.3 is 20.8 Å². The Morgan fingerprint density at radius 1 is 0.923 bits per heavy atom. The van der Waals surface area contributed by atoms with Gasteiger partial charge in [0.1, 0.15) is 0 Å². The molecular weight excluding hydrogens is 332 g/mol. The van der Waals surface area contributed by atoms with Crippen LogP contribution in [0, 0.1) is 23.7 Å². The van der Waals surface area contributed by atoms with E-state index in [4.69, 9.17) is 0 Å². The van der Waals surface area contributed by atoms with Crippen LogP contribution in [0.1, 0.15) is 24.0 Å². The SMILES string of the molecule is O=C(O)C(Cc1cccc(CC(C(=O)O)C2CCNC2)c1)C1CCNC1. The predicted molar refractivity (Wildman–Crippen MR) is 98.1 cm³/mol. The summed E-state index contributed by atoms with van der Waals surface area (Å²) in [5.41, 5.74) is 1.96. The van der Waals surface area contributed by atoms with Crippen LogP contribution in [0.4, 0.5) is 0 Å². The third kappa shape index (κ3) is 4.62. The van der Waals surface area contributed by atoms with Gasteiger partial charge in [-0.2, -0.15) is 0 Å². The van der Waals surface area contributed by atoms with Gasteiger partial charge in [0, 0.05) is 0 Å². The van der Waals surface area contributed by atoms with Crippen molar-refractivity contribution in [3.8, 4) is 0 Å². The third-order valence-corrected chi connectivity index (χ3v) is 5.87. The summed E-state index contributed by atoms with van der Waals surface area (Å²) in [6.07, 6.45) is 2.79. The first-order valence-corrected chi connectivity index (χ1v) is 9.49. The van der Waals surface area contributed by atoms with Gasteiger partial charge in [-0.1, -0.05) is 24.3 Å². The number of benzene rings is 1. The number of aliphatic carboxylic acids is 2. The average molecular weight is 360 g/mol. The molecule has 0 spiro atoms. The molecule has 0 amide bonds. The van der Waals surface area contributed by atoms with Gasteiger partial charge in [-0.15, -0.1) is 0 Å². The zero-order chi connectivity index (χ0) is 18.5. The fraction of sp³-hybridized carbons (Fsp3) is 0.600. The Hall–Kier alpha value is -1.92. The number of hydrogen-bond donors (Lipinski definition) is 4. The molecule has 6 heteroatoms. The van der Waals surface area contributed by atoms with Crippen LogP contribution in [0.15, 0.2) is 24.3 Å². The van der Waals surface area contributed by atoms with Crippen LogP contribution in [0.25, 0.3) is 0 Å². The van der Waals surface area contributed by atoms with Crippen molar-refractivity contribution in [3.63, 3.8) is 0 Å². The first kappa shape index (κ1) is 18.9. The average Bonchev–Trinajstić information content (AvgIpc) is 3.31. The minimum Gasteiger partial charge on any atom is -0.481 e. The molecule has 2 fully saturated rings. The molecule has 3 rings (SSSR count). The lowest BCUT2D eigenvalue weighted by Crippen LogP contribution is -2.28. The lowest BCUT2D eigenvalue weighted by molar-refractivity contribution is -0.144. The second-order valence-corrected chi connectivity index (χ2v) is 7.62. The van der Waals surface area contributed by atoms with Gasteiger partial charge in [0.25, 0.3) is 0 Å². The maximum absolute atomic E-state index is 11.7. The molecule has 1 aromatic rings. The van der Waals surface area contributed by atoms with Gasteiger partial charge in [-0.05, 0) is 74.8 Å². The molecule has 4 N–H and O–H groups in total. The molecule has 0 radical (unpaired) electrons. The molecule has 1 aromatic carbocycles. The van der Waals surface area contributed by atoms with E-state index >= 15 is 0 Å². The van der Waals surface area contributed by atoms with E-state index in [1.54, 1.807) is 0 Å². The smallest absolute Gasteiger partial charge is 0.307 e. The van der Waals surface area contributed by atoms with Crippen molar-refractivity contribution in [1.29, 1.82) is 0 Å². The highest BCUT2D eigenvalue weighted by atomic mass is 16.4. The Morgan fingerprint density at radius 3 is 1.73 bits per heavy atom. The Morgan fingerprint density at radius 2 is 1.38 bits per heavy atom. The fourth-order valence-electron chi connectivity index (χ4n) is 4.34. The highest BCUT2D eigenvalue weighted by molar-refractivity contribution is 5.71. The molecule has 142 valence electrons. The first-order chi connectivity index (χ1) is 12.5.